The highest BCUT2D eigenvalue weighted by atomic mass is 32.2. The Kier molecular flexibility index (Phi) is 3.12. The van der Waals surface area contributed by atoms with Crippen LogP contribution in [0.1, 0.15) is 37.3 Å². The Hall–Kier alpha value is -0.410. The normalized spacial score (nSPS) is 20.2. The van der Waals surface area contributed by atoms with E-state index in [0.717, 1.165) is 18.1 Å². The highest BCUT2D eigenvalue weighted by Gasteiger charge is 2.41. The predicted molar refractivity (Wildman–Crippen MR) is 65.3 cm³/mol. The maximum Gasteiger partial charge on any atom is 0.120 e. The Balaban J connectivity index is 1.85. The summed E-state index contributed by atoms with van der Waals surface area (Å²) in [5.74, 6) is 2.04. The average Bonchev–Trinajstić information content (AvgIpc) is 2.90. The molecule has 1 aromatic rings. The summed E-state index contributed by atoms with van der Waals surface area (Å²) in [5.41, 5.74) is 0. The summed E-state index contributed by atoms with van der Waals surface area (Å²) in [5, 5.41) is 3.55. The van der Waals surface area contributed by atoms with Crippen LogP contribution in [0.2, 0.25) is 0 Å². The Morgan fingerprint density at radius 2 is 2.27 bits per heavy atom. The van der Waals surface area contributed by atoms with Gasteiger partial charge in [0.2, 0.25) is 0 Å². The molecule has 1 aliphatic rings. The van der Waals surface area contributed by atoms with E-state index in [-0.39, 0.29) is 0 Å². The van der Waals surface area contributed by atoms with Crippen molar-refractivity contribution >= 4 is 11.8 Å². The molecule has 1 aliphatic carbocycles. The summed E-state index contributed by atoms with van der Waals surface area (Å²) in [4.78, 5) is 0. The molecule has 1 aromatic heterocycles. The van der Waals surface area contributed by atoms with Crippen molar-refractivity contribution in [3.8, 4) is 0 Å². The molecule has 1 atom stereocenters. The fourth-order valence-corrected chi connectivity index (χ4v) is 2.46. The number of aryl methyl sites for hydroxylation is 1. The van der Waals surface area contributed by atoms with Crippen LogP contribution in [0.3, 0.4) is 0 Å². The molecule has 84 valence electrons. The Morgan fingerprint density at radius 1 is 1.53 bits per heavy atom. The van der Waals surface area contributed by atoms with Crippen LogP contribution >= 0.6 is 11.8 Å². The predicted octanol–water partition coefficient (Wildman–Crippen LogP) is 3.13. The molecule has 0 aromatic carbocycles. The van der Waals surface area contributed by atoms with Crippen LogP contribution in [0.4, 0.5) is 0 Å². The molecule has 0 aliphatic heterocycles. The van der Waals surface area contributed by atoms with Crippen molar-refractivity contribution in [3.05, 3.63) is 23.7 Å². The van der Waals surface area contributed by atoms with E-state index in [0.29, 0.717) is 10.8 Å². The fraction of sp³-hybridized carbons (Fsp3) is 0.667. The summed E-state index contributed by atoms with van der Waals surface area (Å²) in [6, 6.07) is 4.41. The van der Waals surface area contributed by atoms with E-state index in [2.05, 4.69) is 24.6 Å². The van der Waals surface area contributed by atoms with Crippen LogP contribution in [0, 0.1) is 6.92 Å². The largest absolute Gasteiger partial charge is 0.465 e. The Bertz CT molecular complexity index is 330. The molecule has 0 bridgehead atoms. The Morgan fingerprint density at radius 3 is 2.73 bits per heavy atom. The third-order valence-electron chi connectivity index (χ3n) is 3.16. The smallest absolute Gasteiger partial charge is 0.120 e. The number of hydrogen-bond donors (Lipinski definition) is 1. The standard InChI is InChI=1S/C12H19NOS/c1-9-4-5-11(14-9)10(2)13-8-12(15-3)6-7-12/h4-5,10,13H,6-8H2,1-3H3. The monoisotopic (exact) mass is 225 g/mol. The van der Waals surface area contributed by atoms with Gasteiger partial charge in [0.25, 0.3) is 0 Å². The minimum Gasteiger partial charge on any atom is -0.465 e. The number of thioether (sulfide) groups is 1. The minimum atomic E-state index is 0.323. The lowest BCUT2D eigenvalue weighted by Crippen LogP contribution is -2.28. The molecule has 1 fully saturated rings. The lowest BCUT2D eigenvalue weighted by molar-refractivity contribution is 0.415. The Labute approximate surface area is 95.8 Å². The molecule has 0 amide bonds. The van der Waals surface area contributed by atoms with Gasteiger partial charge in [-0.15, -0.1) is 0 Å². The van der Waals surface area contributed by atoms with Crippen LogP contribution in [-0.2, 0) is 0 Å². The number of hydrogen-bond acceptors (Lipinski definition) is 3. The van der Waals surface area contributed by atoms with Gasteiger partial charge in [-0.25, -0.2) is 0 Å². The van der Waals surface area contributed by atoms with Crippen molar-refractivity contribution in [2.24, 2.45) is 0 Å². The van der Waals surface area contributed by atoms with E-state index in [4.69, 9.17) is 4.42 Å². The first-order chi connectivity index (χ1) is 7.15. The molecule has 2 nitrogen and oxygen atoms in total. The van der Waals surface area contributed by atoms with Crippen molar-refractivity contribution in [1.82, 2.24) is 5.32 Å². The van der Waals surface area contributed by atoms with Crippen LogP contribution in [0.15, 0.2) is 16.5 Å². The second-order valence-corrected chi connectivity index (χ2v) is 5.71. The summed E-state index contributed by atoms with van der Waals surface area (Å²) in [7, 11) is 0. The number of furan rings is 1. The molecule has 1 N–H and O–H groups in total. The third kappa shape index (κ3) is 2.58. The SMILES string of the molecule is CSC1(CNC(C)c2ccc(C)o2)CC1. The number of nitrogens with one attached hydrogen (secondary N) is 1. The lowest BCUT2D eigenvalue weighted by Gasteiger charge is -2.16. The second-order valence-electron chi connectivity index (χ2n) is 4.44. The lowest BCUT2D eigenvalue weighted by atomic mass is 10.2. The van der Waals surface area contributed by atoms with Gasteiger partial charge in [0, 0.05) is 11.3 Å². The van der Waals surface area contributed by atoms with E-state index in [9.17, 15) is 0 Å². The van der Waals surface area contributed by atoms with Crippen LogP contribution < -0.4 is 5.32 Å². The summed E-state index contributed by atoms with van der Waals surface area (Å²) < 4.78 is 6.12. The molecule has 0 spiro atoms. The molecule has 0 saturated heterocycles. The van der Waals surface area contributed by atoms with Crippen molar-refractivity contribution in [2.75, 3.05) is 12.8 Å². The number of rotatable bonds is 5. The van der Waals surface area contributed by atoms with E-state index >= 15 is 0 Å². The molecule has 1 saturated carbocycles. The van der Waals surface area contributed by atoms with Crippen LogP contribution in [0.5, 0.6) is 0 Å². The summed E-state index contributed by atoms with van der Waals surface area (Å²) in [6.45, 7) is 5.24. The van der Waals surface area contributed by atoms with Gasteiger partial charge in [-0.3, -0.25) is 0 Å². The molecule has 1 heterocycles. The zero-order valence-electron chi connectivity index (χ0n) is 9.67. The van der Waals surface area contributed by atoms with Crippen molar-refractivity contribution in [1.29, 1.82) is 0 Å². The molecule has 3 heteroatoms. The van der Waals surface area contributed by atoms with Gasteiger partial charge in [0.15, 0.2) is 0 Å². The molecular weight excluding hydrogens is 206 g/mol. The van der Waals surface area contributed by atoms with Crippen molar-refractivity contribution in [3.63, 3.8) is 0 Å². The minimum absolute atomic E-state index is 0.323. The summed E-state index contributed by atoms with van der Waals surface area (Å²) in [6.07, 6.45) is 4.91. The van der Waals surface area contributed by atoms with Crippen LogP contribution in [-0.4, -0.2) is 17.5 Å². The van der Waals surface area contributed by atoms with Gasteiger partial charge >= 0.3 is 0 Å². The topological polar surface area (TPSA) is 25.2 Å². The van der Waals surface area contributed by atoms with E-state index in [1.807, 2.05) is 24.8 Å². The van der Waals surface area contributed by atoms with Gasteiger partial charge in [-0.1, -0.05) is 0 Å². The van der Waals surface area contributed by atoms with Gasteiger partial charge in [0.1, 0.15) is 11.5 Å². The van der Waals surface area contributed by atoms with Gasteiger partial charge in [-0.2, -0.15) is 11.8 Å². The highest BCUT2D eigenvalue weighted by molar-refractivity contribution is 8.00. The molecule has 1 unspecified atom stereocenters. The van der Waals surface area contributed by atoms with E-state index in [1.54, 1.807) is 0 Å². The first kappa shape index (κ1) is 11.1. The zero-order chi connectivity index (χ0) is 10.9. The second kappa shape index (κ2) is 4.22. The summed E-state index contributed by atoms with van der Waals surface area (Å²) >= 11 is 1.99. The molecule has 0 radical (unpaired) electrons. The van der Waals surface area contributed by atoms with E-state index in [1.165, 1.54) is 12.8 Å². The quantitative estimate of drug-likeness (QED) is 0.833. The molecule has 15 heavy (non-hydrogen) atoms. The maximum atomic E-state index is 5.60. The van der Waals surface area contributed by atoms with Crippen molar-refractivity contribution < 1.29 is 4.42 Å². The van der Waals surface area contributed by atoms with Crippen LogP contribution in [0.25, 0.3) is 0 Å². The zero-order valence-corrected chi connectivity index (χ0v) is 10.5. The highest BCUT2D eigenvalue weighted by Crippen LogP contribution is 2.46. The fourth-order valence-electron chi connectivity index (χ4n) is 1.72. The maximum absolute atomic E-state index is 5.60. The molecular formula is C12H19NOS. The molecule has 2 rings (SSSR count). The average molecular weight is 225 g/mol. The van der Waals surface area contributed by atoms with Crippen molar-refractivity contribution in [2.45, 2.75) is 37.5 Å². The first-order valence-electron chi connectivity index (χ1n) is 5.50. The first-order valence-corrected chi connectivity index (χ1v) is 6.72. The third-order valence-corrected chi connectivity index (χ3v) is 4.58. The van der Waals surface area contributed by atoms with Gasteiger partial charge < -0.3 is 9.73 Å². The van der Waals surface area contributed by atoms with Gasteiger partial charge in [-0.05, 0) is 45.1 Å². The van der Waals surface area contributed by atoms with E-state index < -0.39 is 0 Å². The van der Waals surface area contributed by atoms with Gasteiger partial charge in [0.05, 0.1) is 6.04 Å².